The molecule has 0 aliphatic rings. The van der Waals surface area contributed by atoms with Gasteiger partial charge >= 0.3 is 8.80 Å². The van der Waals surface area contributed by atoms with Crippen molar-refractivity contribution < 1.29 is 13.3 Å². The first-order chi connectivity index (χ1) is 15.0. The summed E-state index contributed by atoms with van der Waals surface area (Å²) in [5.74, 6) is 0.812. The number of unbranched alkanes of at least 4 members (excludes halogenated alkanes) is 12. The van der Waals surface area contributed by atoms with E-state index in [9.17, 15) is 0 Å². The van der Waals surface area contributed by atoms with Crippen LogP contribution in [-0.2, 0) is 13.3 Å². The van der Waals surface area contributed by atoms with Crippen LogP contribution < -0.4 is 0 Å². The summed E-state index contributed by atoms with van der Waals surface area (Å²) in [5.41, 5.74) is 0. The molecule has 0 radical (unpaired) electrons. The van der Waals surface area contributed by atoms with Gasteiger partial charge in [-0.15, -0.1) is 0 Å². The molecule has 0 amide bonds. The van der Waals surface area contributed by atoms with Crippen molar-refractivity contribution in [1.29, 1.82) is 0 Å². The van der Waals surface area contributed by atoms with E-state index in [1.165, 1.54) is 109 Å². The molecule has 0 heterocycles. The fraction of sp³-hybridized carbons (Fsp3) is 1.00. The van der Waals surface area contributed by atoms with E-state index in [-0.39, 0.29) is 0 Å². The number of nitrogens with zero attached hydrogens (tertiary/aromatic N) is 1. The van der Waals surface area contributed by atoms with Crippen LogP contribution in [0.1, 0.15) is 116 Å². The molecule has 0 rings (SSSR count). The minimum absolute atomic E-state index is 0.812. The molecule has 0 fully saturated rings. The van der Waals surface area contributed by atoms with Crippen molar-refractivity contribution in [3.63, 3.8) is 0 Å². The topological polar surface area (TPSA) is 30.9 Å². The molecule has 0 aromatic carbocycles. The van der Waals surface area contributed by atoms with Crippen molar-refractivity contribution in [2.24, 2.45) is 5.92 Å². The van der Waals surface area contributed by atoms with Gasteiger partial charge in [-0.1, -0.05) is 103 Å². The first kappa shape index (κ1) is 31.1. The Kier molecular flexibility index (Phi) is 21.9. The van der Waals surface area contributed by atoms with Gasteiger partial charge in [0, 0.05) is 27.4 Å². The Morgan fingerprint density at radius 3 is 1.42 bits per heavy atom. The van der Waals surface area contributed by atoms with Crippen LogP contribution in [0.25, 0.3) is 0 Å². The maximum atomic E-state index is 5.58. The fourth-order valence-electron chi connectivity index (χ4n) is 4.49. The summed E-state index contributed by atoms with van der Waals surface area (Å²) in [7, 11) is 7.11. The zero-order valence-corrected chi connectivity index (χ0v) is 23.2. The van der Waals surface area contributed by atoms with E-state index in [0.29, 0.717) is 0 Å². The number of hydrogen-bond donors (Lipinski definition) is 0. The molecule has 0 aliphatic heterocycles. The SMILES string of the molecule is CCCCCCCCCCCCCCCC(CCC[Si](OC)(OC)OC)CCN(C)C. The molecule has 31 heavy (non-hydrogen) atoms. The van der Waals surface area contributed by atoms with Gasteiger partial charge in [0.15, 0.2) is 0 Å². The van der Waals surface area contributed by atoms with Crippen molar-refractivity contribution in [2.75, 3.05) is 42.0 Å². The molecule has 188 valence electrons. The van der Waals surface area contributed by atoms with E-state index >= 15 is 0 Å². The predicted octanol–water partition coefficient (Wildman–Crippen LogP) is 7.69. The summed E-state index contributed by atoms with van der Waals surface area (Å²) in [6.07, 6.45) is 23.6. The Labute approximate surface area is 197 Å². The molecule has 0 bridgehead atoms. The van der Waals surface area contributed by atoms with E-state index in [2.05, 4.69) is 25.9 Å². The average molecular weight is 460 g/mol. The highest BCUT2D eigenvalue weighted by atomic mass is 28.4. The van der Waals surface area contributed by atoms with Gasteiger partial charge in [-0.3, -0.25) is 0 Å². The number of hydrogen-bond acceptors (Lipinski definition) is 4. The van der Waals surface area contributed by atoms with Gasteiger partial charge in [0.2, 0.25) is 0 Å². The molecular weight excluding hydrogens is 402 g/mol. The second-order valence-corrected chi connectivity index (χ2v) is 12.8. The van der Waals surface area contributed by atoms with E-state index in [4.69, 9.17) is 13.3 Å². The molecule has 5 heteroatoms. The normalized spacial score (nSPS) is 13.3. The van der Waals surface area contributed by atoms with Gasteiger partial charge in [-0.05, 0) is 39.4 Å². The van der Waals surface area contributed by atoms with Crippen LogP contribution in [0.3, 0.4) is 0 Å². The highest BCUT2D eigenvalue weighted by molar-refractivity contribution is 6.60. The van der Waals surface area contributed by atoms with Crippen molar-refractivity contribution in [1.82, 2.24) is 4.90 Å². The van der Waals surface area contributed by atoms with Crippen molar-refractivity contribution >= 4 is 8.80 Å². The Balaban J connectivity index is 3.86. The molecule has 0 N–H and O–H groups in total. The third kappa shape index (κ3) is 18.2. The Morgan fingerprint density at radius 1 is 0.581 bits per heavy atom. The predicted molar refractivity (Wildman–Crippen MR) is 138 cm³/mol. The first-order valence-electron chi connectivity index (χ1n) is 13.3. The molecule has 0 spiro atoms. The molecule has 0 aliphatic carbocycles. The summed E-state index contributed by atoms with van der Waals surface area (Å²) in [6.45, 7) is 3.48. The maximum absolute atomic E-state index is 5.58. The van der Waals surface area contributed by atoms with Crippen molar-refractivity contribution in [2.45, 2.75) is 122 Å². The summed E-state index contributed by atoms with van der Waals surface area (Å²) in [6, 6.07) is 0.924. The minimum atomic E-state index is -2.41. The summed E-state index contributed by atoms with van der Waals surface area (Å²) in [5, 5.41) is 0. The van der Waals surface area contributed by atoms with Crippen molar-refractivity contribution in [3.05, 3.63) is 0 Å². The molecule has 0 aromatic heterocycles. The Morgan fingerprint density at radius 2 is 1.00 bits per heavy atom. The highest BCUT2D eigenvalue weighted by Crippen LogP contribution is 2.25. The molecule has 0 saturated carbocycles. The van der Waals surface area contributed by atoms with Crippen LogP contribution in [0.2, 0.25) is 6.04 Å². The lowest BCUT2D eigenvalue weighted by atomic mass is 9.92. The lowest BCUT2D eigenvalue weighted by Crippen LogP contribution is -2.42. The number of rotatable bonds is 24. The smallest absolute Gasteiger partial charge is 0.377 e. The summed E-state index contributed by atoms with van der Waals surface area (Å²) < 4.78 is 16.8. The van der Waals surface area contributed by atoms with Gasteiger partial charge in [0.25, 0.3) is 0 Å². The van der Waals surface area contributed by atoms with E-state index in [1.54, 1.807) is 21.3 Å². The van der Waals surface area contributed by atoms with Crippen LogP contribution >= 0.6 is 0 Å². The van der Waals surface area contributed by atoms with Crippen molar-refractivity contribution in [3.8, 4) is 0 Å². The van der Waals surface area contributed by atoms with Gasteiger partial charge in [-0.25, -0.2) is 0 Å². The monoisotopic (exact) mass is 459 g/mol. The average Bonchev–Trinajstić information content (AvgIpc) is 2.77. The molecule has 1 unspecified atom stereocenters. The molecule has 0 saturated heterocycles. The minimum Gasteiger partial charge on any atom is -0.377 e. The summed E-state index contributed by atoms with van der Waals surface area (Å²) >= 11 is 0. The molecular formula is C26H57NO3Si. The lowest BCUT2D eigenvalue weighted by Gasteiger charge is -2.25. The van der Waals surface area contributed by atoms with E-state index in [1.807, 2.05) is 0 Å². The third-order valence-electron chi connectivity index (χ3n) is 6.73. The molecule has 4 nitrogen and oxygen atoms in total. The van der Waals surface area contributed by atoms with E-state index < -0.39 is 8.80 Å². The molecule has 0 aromatic rings. The van der Waals surface area contributed by atoms with Gasteiger partial charge < -0.3 is 18.2 Å². The lowest BCUT2D eigenvalue weighted by molar-refractivity contribution is 0.122. The van der Waals surface area contributed by atoms with Crippen LogP contribution in [0.4, 0.5) is 0 Å². The van der Waals surface area contributed by atoms with Gasteiger partial charge in [-0.2, -0.15) is 0 Å². The molecule has 1 atom stereocenters. The Hall–Kier alpha value is 0.0569. The highest BCUT2D eigenvalue weighted by Gasteiger charge is 2.37. The van der Waals surface area contributed by atoms with Gasteiger partial charge in [0.05, 0.1) is 0 Å². The maximum Gasteiger partial charge on any atom is 0.500 e. The van der Waals surface area contributed by atoms with Gasteiger partial charge in [0.1, 0.15) is 0 Å². The zero-order chi connectivity index (χ0) is 23.2. The largest absolute Gasteiger partial charge is 0.500 e. The summed E-state index contributed by atoms with van der Waals surface area (Å²) in [4.78, 5) is 2.31. The quantitative estimate of drug-likeness (QED) is 0.109. The second-order valence-electron chi connectivity index (χ2n) is 9.68. The zero-order valence-electron chi connectivity index (χ0n) is 22.2. The second kappa shape index (κ2) is 21.9. The van der Waals surface area contributed by atoms with E-state index in [0.717, 1.165) is 18.4 Å². The van der Waals surface area contributed by atoms with Crippen LogP contribution in [0, 0.1) is 5.92 Å². The fourth-order valence-corrected chi connectivity index (χ4v) is 6.24. The standard InChI is InChI=1S/C26H57NO3Si/c1-7-8-9-10-11-12-13-14-15-16-17-18-19-21-26(23-24-27(2)3)22-20-25-31(28-4,29-5)30-6/h26H,7-25H2,1-6H3. The van der Waals surface area contributed by atoms with Crippen LogP contribution in [0.5, 0.6) is 0 Å². The third-order valence-corrected chi connectivity index (χ3v) is 9.56. The van der Waals surface area contributed by atoms with Crippen LogP contribution in [-0.4, -0.2) is 55.7 Å². The first-order valence-corrected chi connectivity index (χ1v) is 15.3. The van der Waals surface area contributed by atoms with Crippen LogP contribution in [0.15, 0.2) is 0 Å². The Bertz CT molecular complexity index is 356.